The maximum absolute atomic E-state index is 6.45. The highest BCUT2D eigenvalue weighted by atomic mass is 35.5. The molecule has 0 saturated carbocycles. The van der Waals surface area contributed by atoms with Gasteiger partial charge in [-0.25, -0.2) is 0 Å². The minimum Gasteiger partial charge on any atom is -0.398 e. The maximum Gasteiger partial charge on any atom is 0.0534 e. The predicted molar refractivity (Wildman–Crippen MR) is 89.7 cm³/mol. The smallest absolute Gasteiger partial charge is 0.0534 e. The first-order valence-corrected chi connectivity index (χ1v) is 7.12. The average molecular weight is 309 g/mol. The predicted octanol–water partition coefficient (Wildman–Crippen LogP) is 5.06. The van der Waals surface area contributed by atoms with Crippen LogP contribution in [0.15, 0.2) is 12.1 Å². The molecule has 2 aromatic rings. The zero-order valence-electron chi connectivity index (χ0n) is 12.1. The molecule has 0 fully saturated rings. The number of hydrogen-bond acceptors (Lipinski definition) is 2. The van der Waals surface area contributed by atoms with Gasteiger partial charge in [0.2, 0.25) is 0 Å². The Morgan fingerprint density at radius 1 is 0.700 bits per heavy atom. The minimum atomic E-state index is 0.638. The molecule has 0 unspecified atom stereocenters. The van der Waals surface area contributed by atoms with E-state index >= 15 is 0 Å². The highest BCUT2D eigenvalue weighted by Crippen LogP contribution is 2.41. The van der Waals surface area contributed by atoms with Gasteiger partial charge in [-0.05, 0) is 62.1 Å². The number of benzene rings is 2. The Labute approximate surface area is 129 Å². The molecular weight excluding hydrogens is 291 g/mol. The average Bonchev–Trinajstić information content (AvgIpc) is 2.42. The van der Waals surface area contributed by atoms with Crippen LogP contribution in [0.1, 0.15) is 22.3 Å². The highest BCUT2D eigenvalue weighted by Gasteiger charge is 2.16. The number of hydrogen-bond donors (Lipinski definition) is 2. The third-order valence-electron chi connectivity index (χ3n) is 3.80. The van der Waals surface area contributed by atoms with E-state index in [0.717, 1.165) is 44.8 Å². The minimum absolute atomic E-state index is 0.638. The Kier molecular flexibility index (Phi) is 3.90. The molecule has 0 saturated heterocycles. The van der Waals surface area contributed by atoms with Crippen molar-refractivity contribution >= 4 is 34.6 Å². The molecule has 20 heavy (non-hydrogen) atoms. The fraction of sp³-hybridized carbons (Fsp3) is 0.250. The standard InChI is InChI=1S/C16H18Cl2N2/c1-7-5-11(13(17)9(3)15(7)19)12-6-8(2)16(20)10(4)14(12)18/h5-6H,19-20H2,1-4H3. The molecule has 0 spiro atoms. The van der Waals surface area contributed by atoms with Crippen molar-refractivity contribution in [2.24, 2.45) is 0 Å². The van der Waals surface area contributed by atoms with Gasteiger partial charge in [0.15, 0.2) is 0 Å². The van der Waals surface area contributed by atoms with Crippen molar-refractivity contribution in [1.29, 1.82) is 0 Å². The second-order valence-corrected chi connectivity index (χ2v) is 5.94. The second-order valence-electron chi connectivity index (χ2n) is 5.19. The first kappa shape index (κ1) is 15.0. The molecule has 0 radical (unpaired) electrons. The molecule has 4 N–H and O–H groups in total. The number of rotatable bonds is 1. The molecule has 0 amide bonds. The summed E-state index contributed by atoms with van der Waals surface area (Å²) in [6.07, 6.45) is 0. The van der Waals surface area contributed by atoms with Gasteiger partial charge in [-0.2, -0.15) is 0 Å². The monoisotopic (exact) mass is 308 g/mol. The van der Waals surface area contributed by atoms with Crippen LogP contribution < -0.4 is 11.5 Å². The summed E-state index contributed by atoms with van der Waals surface area (Å²) in [6.45, 7) is 7.76. The van der Waals surface area contributed by atoms with Crippen molar-refractivity contribution < 1.29 is 0 Å². The van der Waals surface area contributed by atoms with Crippen LogP contribution >= 0.6 is 23.2 Å². The first-order valence-electron chi connectivity index (χ1n) is 6.36. The van der Waals surface area contributed by atoms with E-state index in [-0.39, 0.29) is 0 Å². The van der Waals surface area contributed by atoms with Crippen LogP contribution in [0.5, 0.6) is 0 Å². The van der Waals surface area contributed by atoms with Gasteiger partial charge in [0.1, 0.15) is 0 Å². The molecule has 0 aliphatic heterocycles. The van der Waals surface area contributed by atoms with Crippen molar-refractivity contribution in [2.45, 2.75) is 27.7 Å². The molecule has 0 bridgehead atoms. The van der Waals surface area contributed by atoms with Crippen molar-refractivity contribution in [2.75, 3.05) is 11.5 Å². The number of halogens is 2. The topological polar surface area (TPSA) is 52.0 Å². The van der Waals surface area contributed by atoms with Gasteiger partial charge in [0.05, 0.1) is 10.0 Å². The van der Waals surface area contributed by atoms with Crippen LogP contribution in [0.4, 0.5) is 11.4 Å². The summed E-state index contributed by atoms with van der Waals surface area (Å²) in [7, 11) is 0. The van der Waals surface area contributed by atoms with Crippen molar-refractivity contribution in [1.82, 2.24) is 0 Å². The van der Waals surface area contributed by atoms with E-state index in [1.807, 2.05) is 39.8 Å². The lowest BCUT2D eigenvalue weighted by Gasteiger charge is -2.17. The molecule has 0 aliphatic rings. The molecule has 0 heterocycles. The Morgan fingerprint density at radius 3 is 1.30 bits per heavy atom. The summed E-state index contributed by atoms with van der Waals surface area (Å²) in [4.78, 5) is 0. The van der Waals surface area contributed by atoms with Gasteiger partial charge in [0.25, 0.3) is 0 Å². The second kappa shape index (κ2) is 5.19. The lowest BCUT2D eigenvalue weighted by Crippen LogP contribution is -1.99. The molecule has 4 heteroatoms. The number of anilines is 2. The Bertz CT molecular complexity index is 645. The molecule has 2 nitrogen and oxygen atoms in total. The third-order valence-corrected chi connectivity index (χ3v) is 4.78. The fourth-order valence-electron chi connectivity index (χ4n) is 2.34. The molecule has 2 aromatic carbocycles. The Balaban J connectivity index is 2.83. The highest BCUT2D eigenvalue weighted by molar-refractivity contribution is 6.37. The van der Waals surface area contributed by atoms with Crippen LogP contribution in [0.25, 0.3) is 11.1 Å². The lowest BCUT2D eigenvalue weighted by molar-refractivity contribution is 1.36. The zero-order chi connectivity index (χ0) is 15.2. The third kappa shape index (κ3) is 2.23. The fourth-order valence-corrected chi connectivity index (χ4v) is 2.86. The summed E-state index contributed by atoms with van der Waals surface area (Å²) in [5.41, 5.74) is 19.0. The van der Waals surface area contributed by atoms with Gasteiger partial charge in [0, 0.05) is 22.5 Å². The first-order chi connectivity index (χ1) is 9.25. The molecule has 106 valence electrons. The quantitative estimate of drug-likeness (QED) is 0.723. The van der Waals surface area contributed by atoms with E-state index < -0.39 is 0 Å². The number of nitrogen functional groups attached to an aromatic ring is 2. The summed E-state index contributed by atoms with van der Waals surface area (Å²) in [5.74, 6) is 0. The Hall–Kier alpha value is -1.38. The van der Waals surface area contributed by atoms with Crippen molar-refractivity contribution in [3.8, 4) is 11.1 Å². The normalized spacial score (nSPS) is 10.9. The van der Waals surface area contributed by atoms with Crippen LogP contribution in [-0.4, -0.2) is 0 Å². The zero-order valence-corrected chi connectivity index (χ0v) is 13.6. The van der Waals surface area contributed by atoms with E-state index in [0.29, 0.717) is 10.0 Å². The van der Waals surface area contributed by atoms with E-state index in [1.165, 1.54) is 0 Å². The number of nitrogens with two attached hydrogens (primary N) is 2. The van der Waals surface area contributed by atoms with Crippen molar-refractivity contribution in [3.63, 3.8) is 0 Å². The van der Waals surface area contributed by atoms with Gasteiger partial charge in [-0.1, -0.05) is 23.2 Å². The van der Waals surface area contributed by atoms with E-state index in [4.69, 9.17) is 34.7 Å². The van der Waals surface area contributed by atoms with Crippen LogP contribution in [0, 0.1) is 27.7 Å². The van der Waals surface area contributed by atoms with Crippen molar-refractivity contribution in [3.05, 3.63) is 44.4 Å². The van der Waals surface area contributed by atoms with Gasteiger partial charge in [-0.3, -0.25) is 0 Å². The summed E-state index contributed by atoms with van der Waals surface area (Å²) in [6, 6.07) is 3.95. The lowest BCUT2D eigenvalue weighted by atomic mass is 9.95. The summed E-state index contributed by atoms with van der Waals surface area (Å²) in [5, 5.41) is 1.28. The SMILES string of the molecule is Cc1cc(-c2cc(C)c(N)c(C)c2Cl)c(Cl)c(C)c1N. The molecular formula is C16H18Cl2N2. The largest absolute Gasteiger partial charge is 0.398 e. The summed E-state index contributed by atoms with van der Waals surface area (Å²) >= 11 is 12.9. The van der Waals surface area contributed by atoms with Gasteiger partial charge < -0.3 is 11.5 Å². The van der Waals surface area contributed by atoms with Crippen LogP contribution in [0.2, 0.25) is 10.0 Å². The van der Waals surface area contributed by atoms with Crippen LogP contribution in [-0.2, 0) is 0 Å². The molecule has 2 rings (SSSR count). The Morgan fingerprint density at radius 2 is 1.00 bits per heavy atom. The maximum atomic E-state index is 6.45. The summed E-state index contributed by atoms with van der Waals surface area (Å²) < 4.78 is 0. The van der Waals surface area contributed by atoms with E-state index in [1.54, 1.807) is 0 Å². The van der Waals surface area contributed by atoms with Crippen LogP contribution in [0.3, 0.4) is 0 Å². The molecule has 0 aliphatic carbocycles. The van der Waals surface area contributed by atoms with Gasteiger partial charge in [-0.15, -0.1) is 0 Å². The van der Waals surface area contributed by atoms with E-state index in [9.17, 15) is 0 Å². The van der Waals surface area contributed by atoms with E-state index in [2.05, 4.69) is 0 Å². The van der Waals surface area contributed by atoms with Gasteiger partial charge >= 0.3 is 0 Å². The molecule has 0 atom stereocenters. The molecule has 0 aromatic heterocycles. The number of aryl methyl sites for hydroxylation is 2.